The Kier molecular flexibility index (Phi) is 7.64. The van der Waals surface area contributed by atoms with Gasteiger partial charge in [0.05, 0.1) is 31.3 Å². The fraction of sp³-hybridized carbons (Fsp3) is 0.458. The average Bonchev–Trinajstić information content (AvgIpc) is 3.41. The first-order valence-electron chi connectivity index (χ1n) is 11.3. The minimum atomic E-state index is -3.57. The summed E-state index contributed by atoms with van der Waals surface area (Å²) in [5.74, 6) is 0.486. The molecule has 178 valence electrons. The Morgan fingerprint density at radius 2 is 1.76 bits per heavy atom. The van der Waals surface area contributed by atoms with Gasteiger partial charge < -0.3 is 14.8 Å². The van der Waals surface area contributed by atoms with E-state index in [2.05, 4.69) is 10.2 Å². The Labute approximate surface area is 195 Å². The van der Waals surface area contributed by atoms with E-state index in [0.717, 1.165) is 37.2 Å². The lowest BCUT2D eigenvalue weighted by Crippen LogP contribution is -2.43. The van der Waals surface area contributed by atoms with Gasteiger partial charge in [0.1, 0.15) is 5.75 Å². The van der Waals surface area contributed by atoms with E-state index in [1.165, 1.54) is 10.4 Å². The number of methoxy groups -OCH3 is 1. The maximum atomic E-state index is 13.0. The Balaban J connectivity index is 1.49. The topological polar surface area (TPSA) is 88.2 Å². The van der Waals surface area contributed by atoms with Gasteiger partial charge in [-0.05, 0) is 48.7 Å². The predicted molar refractivity (Wildman–Crippen MR) is 125 cm³/mol. The summed E-state index contributed by atoms with van der Waals surface area (Å²) in [4.78, 5) is 15.4. The van der Waals surface area contributed by atoms with Crippen LogP contribution >= 0.6 is 0 Å². The molecule has 2 aromatic carbocycles. The van der Waals surface area contributed by atoms with Gasteiger partial charge in [-0.3, -0.25) is 9.69 Å². The van der Waals surface area contributed by atoms with E-state index in [9.17, 15) is 13.2 Å². The van der Waals surface area contributed by atoms with Gasteiger partial charge in [-0.2, -0.15) is 4.31 Å². The van der Waals surface area contributed by atoms with Crippen molar-refractivity contribution in [2.75, 3.05) is 53.0 Å². The molecule has 0 spiro atoms. The van der Waals surface area contributed by atoms with E-state index < -0.39 is 10.0 Å². The number of rotatable bonds is 8. The van der Waals surface area contributed by atoms with Gasteiger partial charge in [0, 0.05) is 38.3 Å². The molecule has 1 atom stereocenters. The first-order chi connectivity index (χ1) is 16.0. The van der Waals surface area contributed by atoms with Crippen LogP contribution in [-0.4, -0.2) is 76.6 Å². The molecule has 0 bridgehead atoms. The molecule has 2 heterocycles. The number of nitrogens with one attached hydrogen (secondary N) is 1. The van der Waals surface area contributed by atoms with Crippen LogP contribution in [0.2, 0.25) is 0 Å². The molecule has 2 fully saturated rings. The highest BCUT2D eigenvalue weighted by molar-refractivity contribution is 7.89. The summed E-state index contributed by atoms with van der Waals surface area (Å²) in [6.45, 7) is 4.30. The zero-order valence-corrected chi connectivity index (χ0v) is 19.7. The second kappa shape index (κ2) is 10.6. The summed E-state index contributed by atoms with van der Waals surface area (Å²) in [5, 5.41) is 3.01. The monoisotopic (exact) mass is 473 g/mol. The van der Waals surface area contributed by atoms with Crippen molar-refractivity contribution in [2.45, 2.75) is 23.8 Å². The minimum Gasteiger partial charge on any atom is -0.497 e. The van der Waals surface area contributed by atoms with E-state index in [4.69, 9.17) is 9.47 Å². The molecule has 0 aliphatic carbocycles. The van der Waals surface area contributed by atoms with Crippen molar-refractivity contribution in [3.8, 4) is 5.75 Å². The predicted octanol–water partition coefficient (Wildman–Crippen LogP) is 2.28. The summed E-state index contributed by atoms with van der Waals surface area (Å²) in [7, 11) is -1.94. The quantitative estimate of drug-likeness (QED) is 0.633. The molecule has 8 nitrogen and oxygen atoms in total. The second-order valence-electron chi connectivity index (χ2n) is 8.29. The standard InChI is InChI=1S/C24H31N3O5S/c1-31-21-9-7-19(8-10-21)23(26-13-15-32-16-14-26)18-25-24(28)20-5-4-6-22(17-20)33(29,30)27-11-2-3-12-27/h4-10,17,23H,2-3,11-16,18H2,1H3,(H,25,28). The Bertz CT molecular complexity index is 1050. The van der Waals surface area contributed by atoms with Gasteiger partial charge >= 0.3 is 0 Å². The van der Waals surface area contributed by atoms with Crippen molar-refractivity contribution in [2.24, 2.45) is 0 Å². The second-order valence-corrected chi connectivity index (χ2v) is 10.2. The lowest BCUT2D eigenvalue weighted by molar-refractivity contribution is 0.0162. The largest absolute Gasteiger partial charge is 0.497 e. The third kappa shape index (κ3) is 5.55. The first-order valence-corrected chi connectivity index (χ1v) is 12.8. The third-order valence-electron chi connectivity index (χ3n) is 6.24. The van der Waals surface area contributed by atoms with Crippen LogP contribution < -0.4 is 10.1 Å². The van der Waals surface area contributed by atoms with Gasteiger partial charge in [-0.25, -0.2) is 8.42 Å². The molecule has 1 amide bonds. The molecule has 2 saturated heterocycles. The van der Waals surface area contributed by atoms with Crippen molar-refractivity contribution in [3.63, 3.8) is 0 Å². The van der Waals surface area contributed by atoms with Gasteiger partial charge in [-0.1, -0.05) is 18.2 Å². The Morgan fingerprint density at radius 1 is 1.06 bits per heavy atom. The molecule has 4 rings (SSSR count). The fourth-order valence-electron chi connectivity index (χ4n) is 4.34. The highest BCUT2D eigenvalue weighted by Crippen LogP contribution is 2.25. The van der Waals surface area contributed by atoms with Gasteiger partial charge in [0.25, 0.3) is 5.91 Å². The number of nitrogens with zero attached hydrogens (tertiary/aromatic N) is 2. The zero-order valence-electron chi connectivity index (χ0n) is 18.9. The lowest BCUT2D eigenvalue weighted by atomic mass is 10.0. The zero-order chi connectivity index (χ0) is 23.3. The van der Waals surface area contributed by atoms with Crippen LogP contribution in [0.3, 0.4) is 0 Å². The molecule has 2 aliphatic rings. The molecule has 0 aromatic heterocycles. The molecule has 2 aromatic rings. The van der Waals surface area contributed by atoms with E-state index in [0.29, 0.717) is 38.4 Å². The lowest BCUT2D eigenvalue weighted by Gasteiger charge is -2.35. The number of amides is 1. The summed E-state index contributed by atoms with van der Waals surface area (Å²) in [5.41, 5.74) is 1.41. The summed E-state index contributed by atoms with van der Waals surface area (Å²) in [6.07, 6.45) is 1.74. The maximum Gasteiger partial charge on any atom is 0.251 e. The van der Waals surface area contributed by atoms with Crippen molar-refractivity contribution in [1.82, 2.24) is 14.5 Å². The van der Waals surface area contributed by atoms with Crippen molar-refractivity contribution in [1.29, 1.82) is 0 Å². The van der Waals surface area contributed by atoms with Crippen LogP contribution in [0.5, 0.6) is 5.75 Å². The highest BCUT2D eigenvalue weighted by Gasteiger charge is 2.28. The first kappa shape index (κ1) is 23.7. The minimum absolute atomic E-state index is 0.0275. The van der Waals surface area contributed by atoms with Crippen molar-refractivity contribution >= 4 is 15.9 Å². The van der Waals surface area contributed by atoms with Crippen molar-refractivity contribution in [3.05, 3.63) is 59.7 Å². The molecule has 0 radical (unpaired) electrons. The number of carbonyl (C=O) groups excluding carboxylic acids is 1. The maximum absolute atomic E-state index is 13.0. The van der Waals surface area contributed by atoms with Crippen LogP contribution in [0.4, 0.5) is 0 Å². The molecule has 1 unspecified atom stereocenters. The van der Waals surface area contributed by atoms with E-state index >= 15 is 0 Å². The van der Waals surface area contributed by atoms with E-state index in [1.54, 1.807) is 25.3 Å². The number of ether oxygens (including phenoxy) is 2. The molecular formula is C24H31N3O5S. The third-order valence-corrected chi connectivity index (χ3v) is 8.14. The van der Waals surface area contributed by atoms with Crippen LogP contribution in [0.1, 0.15) is 34.8 Å². The Hall–Kier alpha value is -2.46. The Morgan fingerprint density at radius 3 is 2.42 bits per heavy atom. The molecule has 0 saturated carbocycles. The van der Waals surface area contributed by atoms with Gasteiger partial charge in [-0.15, -0.1) is 0 Å². The molecule has 2 aliphatic heterocycles. The van der Waals surface area contributed by atoms with Crippen LogP contribution in [-0.2, 0) is 14.8 Å². The van der Waals surface area contributed by atoms with E-state index in [1.807, 2.05) is 24.3 Å². The molecule has 1 N–H and O–H groups in total. The smallest absolute Gasteiger partial charge is 0.251 e. The number of hydrogen-bond donors (Lipinski definition) is 1. The normalized spacial score (nSPS) is 18.7. The van der Waals surface area contributed by atoms with E-state index in [-0.39, 0.29) is 16.8 Å². The molecular weight excluding hydrogens is 442 g/mol. The summed E-state index contributed by atoms with van der Waals surface area (Å²) >= 11 is 0. The SMILES string of the molecule is COc1ccc(C(CNC(=O)c2cccc(S(=O)(=O)N3CCCC3)c2)N2CCOCC2)cc1. The van der Waals surface area contributed by atoms with Gasteiger partial charge in [0.15, 0.2) is 0 Å². The van der Waals surface area contributed by atoms with Crippen molar-refractivity contribution < 1.29 is 22.7 Å². The van der Waals surface area contributed by atoms with Crippen LogP contribution in [0.15, 0.2) is 53.4 Å². The number of hydrogen-bond acceptors (Lipinski definition) is 6. The van der Waals surface area contributed by atoms with Crippen LogP contribution in [0.25, 0.3) is 0 Å². The van der Waals surface area contributed by atoms with Gasteiger partial charge in [0.2, 0.25) is 10.0 Å². The summed E-state index contributed by atoms with van der Waals surface area (Å²) in [6, 6.07) is 14.1. The number of sulfonamides is 1. The fourth-order valence-corrected chi connectivity index (χ4v) is 5.90. The number of benzene rings is 2. The van der Waals surface area contributed by atoms with Crippen LogP contribution in [0, 0.1) is 0 Å². The number of carbonyl (C=O) groups is 1. The average molecular weight is 474 g/mol. The summed E-state index contributed by atoms with van der Waals surface area (Å²) < 4.78 is 38.0. The molecule has 9 heteroatoms. The molecule has 33 heavy (non-hydrogen) atoms. The highest BCUT2D eigenvalue weighted by atomic mass is 32.2. The number of morpholine rings is 1.